The zero-order chi connectivity index (χ0) is 22.7. The first-order chi connectivity index (χ1) is 13.8. The maximum atomic E-state index is 13.3. The molecule has 30 heavy (non-hydrogen) atoms. The van der Waals surface area contributed by atoms with Crippen LogP contribution in [0, 0.1) is 0 Å². The molecule has 0 saturated carbocycles. The molecule has 0 bridgehead atoms. The molecule has 0 aromatic heterocycles. The van der Waals surface area contributed by atoms with E-state index in [4.69, 9.17) is 32.7 Å². The predicted molar refractivity (Wildman–Crippen MR) is 128 cm³/mol. The average molecular weight is 484 g/mol. The van der Waals surface area contributed by atoms with E-state index in [9.17, 15) is 9.59 Å². The number of ether oxygens (including phenoxy) is 2. The molecule has 8 heteroatoms. The van der Waals surface area contributed by atoms with Gasteiger partial charge in [0.25, 0.3) is 0 Å². The number of hydrogen-bond acceptors (Lipinski definition) is 4. The van der Waals surface area contributed by atoms with E-state index in [-0.39, 0.29) is 0 Å². The highest BCUT2D eigenvalue weighted by molar-refractivity contribution is 6.87. The first kappa shape index (κ1) is 24.7. The summed E-state index contributed by atoms with van der Waals surface area (Å²) >= 11 is 11.8. The van der Waals surface area contributed by atoms with Gasteiger partial charge in [-0.3, -0.25) is 9.59 Å². The molecule has 2 unspecified atom stereocenters. The second kappa shape index (κ2) is 9.68. The Morgan fingerprint density at radius 3 is 1.13 bits per heavy atom. The normalized spacial score (nSPS) is 14.0. The van der Waals surface area contributed by atoms with Gasteiger partial charge in [0.05, 0.1) is 27.2 Å². The van der Waals surface area contributed by atoms with Crippen LogP contribution in [0.2, 0.25) is 60.4 Å². The third-order valence-electron chi connectivity index (χ3n) is 4.77. The molecule has 2 atom stereocenters. The minimum Gasteiger partial charge on any atom is -0.427 e. The van der Waals surface area contributed by atoms with Gasteiger partial charge in [-0.15, -0.1) is 0 Å². The minimum absolute atomic E-state index is 0.392. The van der Waals surface area contributed by atoms with E-state index in [1.54, 1.807) is 48.5 Å². The van der Waals surface area contributed by atoms with Crippen molar-refractivity contribution in [3.8, 4) is 11.5 Å². The Balaban J connectivity index is 2.37. The van der Waals surface area contributed by atoms with Crippen LogP contribution in [0.1, 0.15) is 0 Å². The summed E-state index contributed by atoms with van der Waals surface area (Å²) < 4.78 is 11.4. The molecule has 0 aliphatic carbocycles. The lowest BCUT2D eigenvalue weighted by molar-refractivity contribution is -0.140. The van der Waals surface area contributed by atoms with Gasteiger partial charge in [0.1, 0.15) is 11.5 Å². The van der Waals surface area contributed by atoms with E-state index in [0.717, 1.165) is 0 Å². The van der Waals surface area contributed by atoms with Gasteiger partial charge in [0, 0.05) is 10.0 Å². The molecule has 2 aromatic rings. The molecule has 162 valence electrons. The van der Waals surface area contributed by atoms with Crippen molar-refractivity contribution in [2.24, 2.45) is 0 Å². The lowest BCUT2D eigenvalue weighted by atomic mass is 10.2. The first-order valence-corrected chi connectivity index (χ1v) is 17.6. The van der Waals surface area contributed by atoms with Gasteiger partial charge >= 0.3 is 11.9 Å². The van der Waals surface area contributed by atoms with Gasteiger partial charge < -0.3 is 9.47 Å². The number of halogens is 2. The largest absolute Gasteiger partial charge is 0.427 e. The summed E-state index contributed by atoms with van der Waals surface area (Å²) in [7, 11) is -4.33. The molecule has 4 nitrogen and oxygen atoms in total. The van der Waals surface area contributed by atoms with E-state index in [2.05, 4.69) is 39.3 Å². The third kappa shape index (κ3) is 6.70. The van der Waals surface area contributed by atoms with Crippen LogP contribution >= 0.6 is 23.2 Å². The van der Waals surface area contributed by atoms with Crippen molar-refractivity contribution in [3.05, 3.63) is 58.6 Å². The summed E-state index contributed by atoms with van der Waals surface area (Å²) in [6.45, 7) is 12.4. The lowest BCUT2D eigenvalue weighted by Gasteiger charge is -2.38. The van der Waals surface area contributed by atoms with Gasteiger partial charge in [-0.25, -0.2) is 0 Å². The van der Waals surface area contributed by atoms with Gasteiger partial charge in [-0.05, 0) is 48.5 Å². The molecule has 2 aromatic carbocycles. The van der Waals surface area contributed by atoms with E-state index in [0.29, 0.717) is 21.5 Å². The quantitative estimate of drug-likeness (QED) is 0.244. The number of hydrogen-bond donors (Lipinski definition) is 0. The highest BCUT2D eigenvalue weighted by Gasteiger charge is 2.50. The number of carbonyl (C=O) groups excluding carboxylic acids is 2. The molecule has 0 radical (unpaired) electrons. The van der Waals surface area contributed by atoms with Crippen LogP contribution in [0.5, 0.6) is 11.5 Å². The summed E-state index contributed by atoms with van der Waals surface area (Å²) in [5.74, 6) is 0.0371. The number of esters is 2. The molecule has 0 aliphatic rings. The predicted octanol–water partition coefficient (Wildman–Crippen LogP) is 6.92. The SMILES string of the molecule is C[Si](C)(C)C(C(=O)Oc1ccc(Cl)cc1)C(C(=O)Oc1ccc(Cl)cc1)[Si](C)(C)C. The van der Waals surface area contributed by atoms with Gasteiger partial charge in [0.2, 0.25) is 0 Å². The molecule has 0 spiro atoms. The molecule has 0 saturated heterocycles. The van der Waals surface area contributed by atoms with Crippen LogP contribution < -0.4 is 9.47 Å². The van der Waals surface area contributed by atoms with Crippen LogP contribution in [0.4, 0.5) is 0 Å². The maximum Gasteiger partial charge on any atom is 0.312 e. The smallest absolute Gasteiger partial charge is 0.312 e. The Bertz CT molecular complexity index is 810. The van der Waals surface area contributed by atoms with Gasteiger partial charge in [-0.1, -0.05) is 62.5 Å². The first-order valence-electron chi connectivity index (χ1n) is 9.73. The molecule has 0 N–H and O–H groups in total. The highest BCUT2D eigenvalue weighted by atomic mass is 35.5. The standard InChI is InChI=1S/C22H28Cl2O4Si2/c1-29(2,3)19(21(25)27-17-11-7-15(23)8-12-17)20(30(4,5)6)22(26)28-18-13-9-16(24)10-14-18/h7-14,19-20H,1-6H3. The summed E-state index contributed by atoms with van der Waals surface area (Å²) in [6.07, 6.45) is 0. The summed E-state index contributed by atoms with van der Waals surface area (Å²) in [4.78, 5) is 26.6. The van der Waals surface area contributed by atoms with Crippen molar-refractivity contribution >= 4 is 51.3 Å². The van der Waals surface area contributed by atoms with Crippen molar-refractivity contribution in [3.63, 3.8) is 0 Å². The fraction of sp³-hybridized carbons (Fsp3) is 0.364. The molecule has 0 fully saturated rings. The van der Waals surface area contributed by atoms with Crippen molar-refractivity contribution in [1.29, 1.82) is 0 Å². The number of benzene rings is 2. The zero-order valence-electron chi connectivity index (χ0n) is 18.2. The fourth-order valence-corrected chi connectivity index (χ4v) is 10.4. The van der Waals surface area contributed by atoms with E-state index < -0.39 is 39.2 Å². The highest BCUT2D eigenvalue weighted by Crippen LogP contribution is 2.43. The topological polar surface area (TPSA) is 52.6 Å². The molecule has 2 rings (SSSR count). The minimum atomic E-state index is -2.16. The Hall–Kier alpha value is -1.61. The van der Waals surface area contributed by atoms with Crippen LogP contribution in [0.3, 0.4) is 0 Å². The van der Waals surface area contributed by atoms with Gasteiger partial charge in [0.15, 0.2) is 0 Å². The average Bonchev–Trinajstić information content (AvgIpc) is 2.61. The Morgan fingerprint density at radius 2 is 0.900 bits per heavy atom. The van der Waals surface area contributed by atoms with Crippen molar-refractivity contribution in [2.75, 3.05) is 0 Å². The Labute approximate surface area is 190 Å². The summed E-state index contributed by atoms with van der Waals surface area (Å²) in [5, 5.41) is 1.12. The molecular weight excluding hydrogens is 455 g/mol. The van der Waals surface area contributed by atoms with Crippen molar-refractivity contribution < 1.29 is 19.1 Å². The van der Waals surface area contributed by atoms with Gasteiger partial charge in [-0.2, -0.15) is 0 Å². The Kier molecular flexibility index (Phi) is 7.96. The van der Waals surface area contributed by atoms with Crippen molar-refractivity contribution in [2.45, 2.75) is 50.4 Å². The lowest BCUT2D eigenvalue weighted by Crippen LogP contribution is -2.49. The fourth-order valence-electron chi connectivity index (χ4n) is 3.34. The Morgan fingerprint density at radius 1 is 0.633 bits per heavy atom. The van der Waals surface area contributed by atoms with Crippen LogP contribution in [-0.2, 0) is 9.59 Å². The van der Waals surface area contributed by atoms with Crippen LogP contribution in [-0.4, -0.2) is 28.1 Å². The molecule has 0 aliphatic heterocycles. The molecule has 0 heterocycles. The number of rotatable bonds is 7. The van der Waals surface area contributed by atoms with Crippen LogP contribution in [0.15, 0.2) is 48.5 Å². The second-order valence-corrected chi connectivity index (χ2v) is 21.0. The third-order valence-corrected chi connectivity index (χ3v) is 10.5. The second-order valence-electron chi connectivity index (χ2n) is 9.44. The van der Waals surface area contributed by atoms with Crippen LogP contribution in [0.25, 0.3) is 0 Å². The summed E-state index contributed by atoms with van der Waals surface area (Å²) in [6, 6.07) is 13.3. The van der Waals surface area contributed by atoms with E-state index in [1.807, 2.05) is 0 Å². The van der Waals surface area contributed by atoms with Crippen molar-refractivity contribution in [1.82, 2.24) is 0 Å². The maximum absolute atomic E-state index is 13.3. The van der Waals surface area contributed by atoms with E-state index >= 15 is 0 Å². The monoisotopic (exact) mass is 482 g/mol. The molecule has 0 amide bonds. The summed E-state index contributed by atoms with van der Waals surface area (Å²) in [5.41, 5.74) is -1.08. The molecular formula is C22H28Cl2O4Si2. The number of carbonyl (C=O) groups is 2. The van der Waals surface area contributed by atoms with E-state index in [1.165, 1.54) is 0 Å². The zero-order valence-corrected chi connectivity index (χ0v) is 21.7.